The number of Topliss-reactive ketones (excluding diaryl/α,β-unsaturated/α-hetero) is 2. The van der Waals surface area contributed by atoms with Crippen LogP contribution in [0.15, 0.2) is 24.3 Å². The number of unbranched alkanes of at least 4 members (excludes halogenated alkanes) is 1. The highest BCUT2D eigenvalue weighted by molar-refractivity contribution is 8.01. The Hall–Kier alpha value is -1.54. The molecule has 238 valence electrons. The van der Waals surface area contributed by atoms with Gasteiger partial charge < -0.3 is 10.2 Å². The Kier molecular flexibility index (Phi) is 13.9. The quantitative estimate of drug-likeness (QED) is 0.124. The third-order valence-corrected chi connectivity index (χ3v) is 11.9. The second-order valence-corrected chi connectivity index (χ2v) is 17.4. The summed E-state index contributed by atoms with van der Waals surface area (Å²) in [5, 5.41) is 18.2. The zero-order chi connectivity index (χ0) is 31.8. The van der Waals surface area contributed by atoms with Crippen molar-refractivity contribution in [2.75, 3.05) is 0 Å². The summed E-state index contributed by atoms with van der Waals surface area (Å²) in [6.07, 6.45) is 13.0. The van der Waals surface area contributed by atoms with Crippen molar-refractivity contribution in [3.05, 3.63) is 24.3 Å². The van der Waals surface area contributed by atoms with E-state index in [1.54, 1.807) is 0 Å². The van der Waals surface area contributed by atoms with Gasteiger partial charge in [-0.2, -0.15) is 0 Å². The van der Waals surface area contributed by atoms with Crippen molar-refractivity contribution in [2.45, 2.75) is 128 Å². The van der Waals surface area contributed by atoms with Gasteiger partial charge in [-0.3, -0.25) is 19.2 Å². The zero-order valence-electron chi connectivity index (χ0n) is 26.9. The summed E-state index contributed by atoms with van der Waals surface area (Å²) in [4.78, 5) is 50.4. The van der Waals surface area contributed by atoms with Crippen LogP contribution in [0.4, 0.5) is 0 Å². The second kappa shape index (κ2) is 16.0. The van der Waals surface area contributed by atoms with Crippen LogP contribution in [-0.4, -0.2) is 54.7 Å². The molecule has 0 fully saturated rings. The fraction of sp³-hybridized carbons (Fsp3) is 0.765. The van der Waals surface area contributed by atoms with Crippen molar-refractivity contribution in [3.8, 4) is 0 Å². The summed E-state index contributed by atoms with van der Waals surface area (Å²) in [5.41, 5.74) is -0.207. The largest absolute Gasteiger partial charge is 0.480 e. The van der Waals surface area contributed by atoms with E-state index in [1.807, 2.05) is 13.8 Å². The van der Waals surface area contributed by atoms with E-state index in [1.165, 1.54) is 23.5 Å². The molecule has 6 unspecified atom stereocenters. The Morgan fingerprint density at radius 3 is 1.33 bits per heavy atom. The molecule has 0 aromatic heterocycles. The molecule has 2 aliphatic rings. The molecule has 0 saturated heterocycles. The Bertz CT molecular complexity index is 936. The highest BCUT2D eigenvalue weighted by Gasteiger charge is 2.41. The smallest absolute Gasteiger partial charge is 0.316 e. The molecule has 0 spiro atoms. The van der Waals surface area contributed by atoms with E-state index in [0.29, 0.717) is 38.5 Å². The summed E-state index contributed by atoms with van der Waals surface area (Å²) in [6.45, 7) is 16.5. The lowest BCUT2D eigenvalue weighted by Gasteiger charge is -2.39. The molecule has 8 atom stereocenters. The molecule has 0 radical (unpaired) electrons. The fourth-order valence-corrected chi connectivity index (χ4v) is 9.65. The molecule has 0 bridgehead atoms. The SMILES string of the molecule is CC(CC(=O)C1C(C)C=CCC1(C)C)S[C@@H](CCCC[C@@H](SC(C)CC(=O)C1C(C)C=CCC1(C)C)C(=O)O)C(=O)O. The van der Waals surface area contributed by atoms with Crippen molar-refractivity contribution < 1.29 is 29.4 Å². The number of carboxylic acid groups (broad SMARTS) is 2. The summed E-state index contributed by atoms with van der Waals surface area (Å²) in [6, 6.07) is 0. The Morgan fingerprint density at radius 2 is 1.05 bits per heavy atom. The molecular formula is C34H54O6S2. The normalized spacial score (nSPS) is 27.5. The number of rotatable bonds is 17. The first-order chi connectivity index (χ1) is 19.5. The van der Waals surface area contributed by atoms with E-state index in [2.05, 4.69) is 65.8 Å². The van der Waals surface area contributed by atoms with Gasteiger partial charge in [-0.15, -0.1) is 23.5 Å². The van der Waals surface area contributed by atoms with Gasteiger partial charge >= 0.3 is 11.9 Å². The topological polar surface area (TPSA) is 109 Å². The lowest BCUT2D eigenvalue weighted by atomic mass is 9.65. The van der Waals surface area contributed by atoms with Crippen LogP contribution in [0, 0.1) is 34.5 Å². The average molecular weight is 623 g/mol. The van der Waals surface area contributed by atoms with Gasteiger partial charge in [0.25, 0.3) is 0 Å². The molecule has 2 N–H and O–H groups in total. The maximum absolute atomic E-state index is 13.2. The minimum atomic E-state index is -0.889. The van der Waals surface area contributed by atoms with E-state index in [9.17, 15) is 29.4 Å². The third-order valence-electron chi connectivity index (χ3n) is 9.10. The minimum absolute atomic E-state index is 0.0636. The summed E-state index contributed by atoms with van der Waals surface area (Å²) in [7, 11) is 0. The molecule has 0 amide bonds. The van der Waals surface area contributed by atoms with E-state index in [4.69, 9.17) is 0 Å². The Labute approximate surface area is 262 Å². The average Bonchev–Trinajstić information content (AvgIpc) is 2.83. The van der Waals surface area contributed by atoms with Gasteiger partial charge in [0.1, 0.15) is 22.1 Å². The molecular weight excluding hydrogens is 569 g/mol. The van der Waals surface area contributed by atoms with E-state index < -0.39 is 22.4 Å². The van der Waals surface area contributed by atoms with E-state index in [0.717, 1.165) is 12.8 Å². The van der Waals surface area contributed by atoms with Gasteiger partial charge in [-0.05, 0) is 48.3 Å². The molecule has 2 rings (SSSR count). The van der Waals surface area contributed by atoms with Crippen LogP contribution in [0.25, 0.3) is 0 Å². The van der Waals surface area contributed by atoms with Crippen LogP contribution in [0.1, 0.15) is 107 Å². The van der Waals surface area contributed by atoms with Crippen LogP contribution in [0.2, 0.25) is 0 Å². The first-order valence-corrected chi connectivity index (χ1v) is 17.5. The zero-order valence-corrected chi connectivity index (χ0v) is 28.6. The van der Waals surface area contributed by atoms with Gasteiger partial charge in [0, 0.05) is 35.2 Å². The lowest BCUT2D eigenvalue weighted by Crippen LogP contribution is -2.38. The molecule has 0 aliphatic heterocycles. The van der Waals surface area contributed by atoms with E-state index in [-0.39, 0.29) is 56.6 Å². The third kappa shape index (κ3) is 10.6. The van der Waals surface area contributed by atoms with Gasteiger partial charge in [-0.1, -0.05) is 92.5 Å². The molecule has 0 aromatic carbocycles. The molecule has 0 aromatic rings. The number of ketones is 2. The predicted molar refractivity (Wildman–Crippen MR) is 175 cm³/mol. The molecule has 6 nitrogen and oxygen atoms in total. The van der Waals surface area contributed by atoms with Crippen LogP contribution in [0.3, 0.4) is 0 Å². The minimum Gasteiger partial charge on any atom is -0.480 e. The number of hydrogen-bond acceptors (Lipinski definition) is 6. The lowest BCUT2D eigenvalue weighted by molar-refractivity contribution is -0.137. The maximum atomic E-state index is 13.2. The molecule has 42 heavy (non-hydrogen) atoms. The number of carboxylic acids is 2. The number of carbonyl (C=O) groups excluding carboxylic acids is 2. The highest BCUT2D eigenvalue weighted by atomic mass is 32.2. The number of hydrogen-bond donors (Lipinski definition) is 2. The molecule has 8 heteroatoms. The second-order valence-electron chi connectivity index (χ2n) is 14.1. The van der Waals surface area contributed by atoms with Crippen molar-refractivity contribution in [2.24, 2.45) is 34.5 Å². The standard InChI is InChI=1S/C34H54O6S2/c1-21-13-11-17-33(5,6)29(21)25(35)19-23(3)41-27(31(37)38)15-9-10-16-28(32(39)40)42-24(4)20-26(36)30-22(2)14-12-18-34(30,7)8/h11-14,21-24,27-30H,9-10,15-20H2,1-8H3,(H,37,38)(H,39,40)/t21?,22?,23?,24?,27-,28+,29?,30?. The monoisotopic (exact) mass is 622 g/mol. The fourth-order valence-electron chi connectivity index (χ4n) is 7.17. The molecule has 2 aliphatic carbocycles. The van der Waals surface area contributed by atoms with E-state index >= 15 is 0 Å². The number of carbonyl (C=O) groups is 4. The first-order valence-electron chi connectivity index (χ1n) is 15.6. The number of aliphatic carboxylic acids is 2. The predicted octanol–water partition coefficient (Wildman–Crippen LogP) is 8.09. The summed E-state index contributed by atoms with van der Waals surface area (Å²) >= 11 is 2.68. The number of thioether (sulfide) groups is 2. The van der Waals surface area contributed by atoms with Gasteiger partial charge in [0.15, 0.2) is 0 Å². The van der Waals surface area contributed by atoms with Crippen LogP contribution in [0.5, 0.6) is 0 Å². The number of allylic oxidation sites excluding steroid dienone is 4. The van der Waals surface area contributed by atoms with Gasteiger partial charge in [-0.25, -0.2) is 0 Å². The van der Waals surface area contributed by atoms with Crippen molar-refractivity contribution in [1.82, 2.24) is 0 Å². The van der Waals surface area contributed by atoms with Crippen molar-refractivity contribution in [1.29, 1.82) is 0 Å². The first kappa shape index (κ1) is 36.7. The van der Waals surface area contributed by atoms with Crippen LogP contribution >= 0.6 is 23.5 Å². The highest BCUT2D eigenvalue weighted by Crippen LogP contribution is 2.43. The maximum Gasteiger partial charge on any atom is 0.316 e. The van der Waals surface area contributed by atoms with Gasteiger partial charge in [0.05, 0.1) is 0 Å². The molecule has 0 saturated carbocycles. The Morgan fingerprint density at radius 1 is 0.714 bits per heavy atom. The van der Waals surface area contributed by atoms with Crippen LogP contribution < -0.4 is 0 Å². The van der Waals surface area contributed by atoms with Crippen LogP contribution in [-0.2, 0) is 19.2 Å². The molecule has 0 heterocycles. The summed E-state index contributed by atoms with van der Waals surface area (Å²) < 4.78 is 0. The van der Waals surface area contributed by atoms with Crippen molar-refractivity contribution >= 4 is 47.0 Å². The van der Waals surface area contributed by atoms with Gasteiger partial charge in [0.2, 0.25) is 0 Å². The summed E-state index contributed by atoms with van der Waals surface area (Å²) in [5.74, 6) is -1.15. The van der Waals surface area contributed by atoms with Crippen molar-refractivity contribution in [3.63, 3.8) is 0 Å². The Balaban J connectivity index is 1.84.